The molecule has 1 aromatic heterocycles. The summed E-state index contributed by atoms with van der Waals surface area (Å²) in [4.78, 5) is 4.09. The minimum atomic E-state index is -0.353. The van der Waals surface area contributed by atoms with Crippen molar-refractivity contribution in [2.75, 3.05) is 0 Å². The number of nitrogens with two attached hydrogens (primary N) is 1. The van der Waals surface area contributed by atoms with Crippen molar-refractivity contribution in [2.24, 2.45) is 5.73 Å². The fourth-order valence-corrected chi connectivity index (χ4v) is 1.24. The van der Waals surface area contributed by atoms with Crippen LogP contribution in [0.25, 0.3) is 0 Å². The Morgan fingerprint density at radius 2 is 2.31 bits per heavy atom. The van der Waals surface area contributed by atoms with E-state index in [0.717, 1.165) is 5.69 Å². The Balaban J connectivity index is 3.10. The van der Waals surface area contributed by atoms with Crippen LogP contribution in [0.2, 0.25) is 0 Å². The predicted octanol–water partition coefficient (Wildman–Crippen LogP) is 1.82. The monoisotopic (exact) mass is 179 g/mol. The van der Waals surface area contributed by atoms with Crippen LogP contribution >= 0.6 is 0 Å². The van der Waals surface area contributed by atoms with E-state index in [1.807, 2.05) is 24.5 Å². The quantitative estimate of drug-likeness (QED) is 0.719. The van der Waals surface area contributed by atoms with Crippen LogP contribution in [0.15, 0.2) is 25.2 Å². The number of rotatable bonds is 3. The van der Waals surface area contributed by atoms with Crippen LogP contribution in [0.4, 0.5) is 0 Å². The molecule has 0 spiro atoms. The smallest absolute Gasteiger partial charge is 0.0954 e. The van der Waals surface area contributed by atoms with Gasteiger partial charge in [0.05, 0.1) is 23.8 Å². The first-order chi connectivity index (χ1) is 5.96. The van der Waals surface area contributed by atoms with Gasteiger partial charge in [-0.3, -0.25) is 0 Å². The number of aromatic nitrogens is 2. The highest BCUT2D eigenvalue weighted by Crippen LogP contribution is 2.20. The van der Waals surface area contributed by atoms with Crippen LogP contribution in [0, 0.1) is 0 Å². The van der Waals surface area contributed by atoms with E-state index in [2.05, 4.69) is 18.5 Å². The van der Waals surface area contributed by atoms with Gasteiger partial charge in [-0.25, -0.2) is 4.98 Å². The minimum absolute atomic E-state index is 0.236. The van der Waals surface area contributed by atoms with Gasteiger partial charge in [0.15, 0.2) is 0 Å². The first-order valence-electron chi connectivity index (χ1n) is 4.40. The van der Waals surface area contributed by atoms with Crippen molar-refractivity contribution in [3.8, 4) is 0 Å². The predicted molar refractivity (Wildman–Crippen MR) is 54.3 cm³/mol. The normalized spacial score (nSPS) is 14.2. The molecule has 1 aromatic rings. The Kier molecular flexibility index (Phi) is 2.57. The molecule has 0 radical (unpaired) electrons. The van der Waals surface area contributed by atoms with Crippen LogP contribution in [-0.2, 0) is 5.54 Å². The van der Waals surface area contributed by atoms with Gasteiger partial charge in [0.25, 0.3) is 0 Å². The molecule has 0 aliphatic carbocycles. The fourth-order valence-electron chi connectivity index (χ4n) is 1.24. The number of hydrogen-bond donors (Lipinski definition) is 1. The Morgan fingerprint density at radius 1 is 1.69 bits per heavy atom. The summed E-state index contributed by atoms with van der Waals surface area (Å²) in [7, 11) is 0. The first-order valence-corrected chi connectivity index (χ1v) is 4.40. The fraction of sp³-hybridized carbons (Fsp3) is 0.500. The largest absolute Gasteiger partial charge is 0.326 e. The second kappa shape index (κ2) is 3.34. The van der Waals surface area contributed by atoms with E-state index >= 15 is 0 Å². The van der Waals surface area contributed by atoms with E-state index in [1.54, 1.807) is 12.5 Å². The molecule has 0 aliphatic rings. The molecule has 3 nitrogen and oxygen atoms in total. The topological polar surface area (TPSA) is 43.8 Å². The lowest BCUT2D eigenvalue weighted by Crippen LogP contribution is -2.32. The lowest BCUT2D eigenvalue weighted by atomic mass is 10.0. The van der Waals surface area contributed by atoms with E-state index < -0.39 is 0 Å². The number of imidazole rings is 1. The SMILES string of the molecule is C=CC(C)n1cncc1C(C)(C)N. The second-order valence-corrected chi connectivity index (χ2v) is 3.88. The maximum Gasteiger partial charge on any atom is 0.0954 e. The summed E-state index contributed by atoms with van der Waals surface area (Å²) in [6.07, 6.45) is 5.47. The van der Waals surface area contributed by atoms with Crippen molar-refractivity contribution < 1.29 is 0 Å². The highest BCUT2D eigenvalue weighted by molar-refractivity contribution is 5.12. The maximum atomic E-state index is 6.00. The molecule has 0 saturated carbocycles. The lowest BCUT2D eigenvalue weighted by molar-refractivity contribution is 0.482. The van der Waals surface area contributed by atoms with Gasteiger partial charge in [-0.1, -0.05) is 6.08 Å². The van der Waals surface area contributed by atoms with Crippen LogP contribution in [0.3, 0.4) is 0 Å². The first kappa shape index (κ1) is 9.99. The Labute approximate surface area is 79.3 Å². The molecule has 0 fully saturated rings. The van der Waals surface area contributed by atoms with Crippen molar-refractivity contribution in [2.45, 2.75) is 32.4 Å². The number of hydrogen-bond acceptors (Lipinski definition) is 2. The molecule has 0 saturated heterocycles. The third kappa shape index (κ3) is 1.98. The second-order valence-electron chi connectivity index (χ2n) is 3.88. The average Bonchev–Trinajstić information content (AvgIpc) is 2.49. The third-order valence-corrected chi connectivity index (χ3v) is 2.11. The zero-order chi connectivity index (χ0) is 10.1. The summed E-state index contributed by atoms with van der Waals surface area (Å²) in [5.74, 6) is 0. The molecule has 3 heteroatoms. The highest BCUT2D eigenvalue weighted by atomic mass is 15.1. The van der Waals surface area contributed by atoms with Crippen molar-refractivity contribution >= 4 is 0 Å². The van der Waals surface area contributed by atoms with E-state index in [-0.39, 0.29) is 11.6 Å². The molecule has 0 bridgehead atoms. The summed E-state index contributed by atoms with van der Waals surface area (Å²) >= 11 is 0. The Morgan fingerprint density at radius 3 is 2.77 bits per heavy atom. The molecular formula is C10H17N3. The summed E-state index contributed by atoms with van der Waals surface area (Å²) in [6, 6.07) is 0.236. The highest BCUT2D eigenvalue weighted by Gasteiger charge is 2.20. The molecule has 13 heavy (non-hydrogen) atoms. The number of nitrogens with zero attached hydrogens (tertiary/aromatic N) is 2. The van der Waals surface area contributed by atoms with Crippen molar-refractivity contribution in [1.82, 2.24) is 9.55 Å². The van der Waals surface area contributed by atoms with Crippen molar-refractivity contribution in [3.63, 3.8) is 0 Å². The van der Waals surface area contributed by atoms with E-state index in [9.17, 15) is 0 Å². The molecule has 1 rings (SSSR count). The van der Waals surface area contributed by atoms with Gasteiger partial charge >= 0.3 is 0 Å². The molecule has 1 atom stereocenters. The molecule has 0 aromatic carbocycles. The van der Waals surface area contributed by atoms with E-state index in [0.29, 0.717) is 0 Å². The van der Waals surface area contributed by atoms with Gasteiger partial charge in [-0.15, -0.1) is 6.58 Å². The van der Waals surface area contributed by atoms with Gasteiger partial charge in [0.2, 0.25) is 0 Å². The summed E-state index contributed by atoms with van der Waals surface area (Å²) in [5, 5.41) is 0. The summed E-state index contributed by atoms with van der Waals surface area (Å²) in [5.41, 5.74) is 6.67. The standard InChI is InChI=1S/C10H17N3/c1-5-8(2)13-7-12-6-9(13)10(3,4)11/h5-8H,1,11H2,2-4H3. The van der Waals surface area contributed by atoms with Gasteiger partial charge in [-0.2, -0.15) is 0 Å². The molecule has 1 unspecified atom stereocenters. The molecule has 2 N–H and O–H groups in total. The molecule has 72 valence electrons. The Hall–Kier alpha value is -1.09. The Bertz CT molecular complexity index is 293. The zero-order valence-corrected chi connectivity index (χ0v) is 8.49. The minimum Gasteiger partial charge on any atom is -0.326 e. The van der Waals surface area contributed by atoms with Crippen LogP contribution in [-0.4, -0.2) is 9.55 Å². The molecule has 0 aliphatic heterocycles. The van der Waals surface area contributed by atoms with E-state index in [4.69, 9.17) is 5.73 Å². The van der Waals surface area contributed by atoms with Crippen molar-refractivity contribution in [1.29, 1.82) is 0 Å². The summed E-state index contributed by atoms with van der Waals surface area (Å²) in [6.45, 7) is 9.75. The number of allylic oxidation sites excluding steroid dienone is 1. The van der Waals surface area contributed by atoms with Crippen molar-refractivity contribution in [3.05, 3.63) is 30.9 Å². The average molecular weight is 179 g/mol. The molecular weight excluding hydrogens is 162 g/mol. The van der Waals surface area contributed by atoms with Gasteiger partial charge in [0, 0.05) is 6.04 Å². The van der Waals surface area contributed by atoms with Crippen LogP contribution in [0.1, 0.15) is 32.5 Å². The maximum absolute atomic E-state index is 6.00. The van der Waals surface area contributed by atoms with Gasteiger partial charge < -0.3 is 10.3 Å². The zero-order valence-electron chi connectivity index (χ0n) is 8.49. The third-order valence-electron chi connectivity index (χ3n) is 2.11. The van der Waals surface area contributed by atoms with Crippen LogP contribution in [0.5, 0.6) is 0 Å². The molecule has 0 amide bonds. The molecule has 1 heterocycles. The van der Waals surface area contributed by atoms with Crippen LogP contribution < -0.4 is 5.73 Å². The summed E-state index contributed by atoms with van der Waals surface area (Å²) < 4.78 is 2.03. The van der Waals surface area contributed by atoms with Gasteiger partial charge in [-0.05, 0) is 20.8 Å². The van der Waals surface area contributed by atoms with E-state index in [1.165, 1.54) is 0 Å². The lowest BCUT2D eigenvalue weighted by Gasteiger charge is -2.22. The van der Waals surface area contributed by atoms with Gasteiger partial charge in [0.1, 0.15) is 0 Å².